The van der Waals surface area contributed by atoms with E-state index in [0.29, 0.717) is 55.4 Å². The molecule has 4 unspecified atom stereocenters. The molecule has 282 valence electrons. The first kappa shape index (κ1) is 34.0. The third-order valence-corrected chi connectivity index (χ3v) is 14.3. The highest BCUT2D eigenvalue weighted by Crippen LogP contribution is 2.65. The standard InChI is InChI=1S/C42H50N2O9/c1-3-43(20-23-4-5-23)27-18-25-8-12-31(37-34(25)22(2)36(52-37)29(46)11-10-28(27)45)50-40(48)51-32-13-9-26-19-33-42(49)15-14-30(47)39-41(42,35(26)38(32)53-39)16-17-44(33)21-24-6-7-24/h8-9,12-13,22-24,27-28,33,36,39,45,49H,3-7,10-11,14-21H2,1-2H3/t22?,27-,28-,33?,36?,39?,41+,42-/m1/s1. The van der Waals surface area contributed by atoms with E-state index in [1.807, 2.05) is 19.1 Å². The number of Topliss-reactive ketones (excluding diaryl/α,β-unsaturated/α-hetero) is 2. The van der Waals surface area contributed by atoms with Gasteiger partial charge in [0.2, 0.25) is 0 Å². The number of likely N-dealkylation sites (tertiary alicyclic amines) is 1. The molecular formula is C42H50N2O9. The van der Waals surface area contributed by atoms with Crippen molar-refractivity contribution in [3.8, 4) is 23.0 Å². The molecule has 3 aliphatic heterocycles. The number of ether oxygens (including phenoxy) is 4. The maximum Gasteiger partial charge on any atom is 0.519 e. The molecule has 11 nitrogen and oxygen atoms in total. The quantitative estimate of drug-likeness (QED) is 0.291. The molecule has 0 radical (unpaired) electrons. The molecule has 5 aliphatic carbocycles. The van der Waals surface area contributed by atoms with Crippen molar-refractivity contribution >= 4 is 17.7 Å². The summed E-state index contributed by atoms with van der Waals surface area (Å²) in [4.78, 5) is 45.5. The Morgan fingerprint density at radius 2 is 1.66 bits per heavy atom. The molecular weight excluding hydrogens is 676 g/mol. The van der Waals surface area contributed by atoms with E-state index in [0.717, 1.165) is 48.4 Å². The summed E-state index contributed by atoms with van der Waals surface area (Å²) in [5.74, 6) is 1.99. The first-order valence-corrected chi connectivity index (χ1v) is 20.1. The smallest absolute Gasteiger partial charge is 0.478 e. The van der Waals surface area contributed by atoms with Gasteiger partial charge in [-0.05, 0) is 106 Å². The second-order valence-electron chi connectivity index (χ2n) is 17.3. The topological polar surface area (TPSA) is 135 Å². The molecule has 3 saturated carbocycles. The van der Waals surface area contributed by atoms with Crippen molar-refractivity contribution < 1.29 is 43.5 Å². The summed E-state index contributed by atoms with van der Waals surface area (Å²) >= 11 is 0. The summed E-state index contributed by atoms with van der Waals surface area (Å²) in [6.07, 6.45) is 4.70. The number of fused-ring (bicyclic) bond motifs is 1. The van der Waals surface area contributed by atoms with Crippen LogP contribution in [0.3, 0.4) is 0 Å². The van der Waals surface area contributed by atoms with Crippen LogP contribution in [-0.4, -0.2) is 99.9 Å². The maximum atomic E-state index is 13.7. The molecule has 8 aliphatic rings. The Kier molecular flexibility index (Phi) is 7.86. The Bertz CT molecular complexity index is 1890. The number of piperidine rings is 1. The third-order valence-electron chi connectivity index (χ3n) is 14.3. The first-order valence-electron chi connectivity index (χ1n) is 20.1. The summed E-state index contributed by atoms with van der Waals surface area (Å²) in [7, 11) is 0. The lowest BCUT2D eigenvalue weighted by atomic mass is 9.49. The number of hydrogen-bond acceptors (Lipinski definition) is 11. The van der Waals surface area contributed by atoms with Crippen LogP contribution in [0, 0.1) is 11.8 Å². The van der Waals surface area contributed by atoms with Gasteiger partial charge in [0, 0.05) is 55.1 Å². The number of ketones is 2. The monoisotopic (exact) mass is 726 g/mol. The second kappa shape index (κ2) is 12.2. The molecule has 4 fully saturated rings. The van der Waals surface area contributed by atoms with Gasteiger partial charge in [0.05, 0.1) is 17.1 Å². The summed E-state index contributed by atoms with van der Waals surface area (Å²) in [6, 6.07) is 7.03. The van der Waals surface area contributed by atoms with Gasteiger partial charge in [0.25, 0.3) is 0 Å². The number of aliphatic hydroxyl groups excluding tert-OH is 1. The number of rotatable bonds is 8. The van der Waals surface area contributed by atoms with E-state index < -0.39 is 35.5 Å². The van der Waals surface area contributed by atoms with Gasteiger partial charge in [-0.25, -0.2) is 4.79 Å². The second-order valence-corrected chi connectivity index (χ2v) is 17.3. The van der Waals surface area contributed by atoms with Crippen molar-refractivity contribution in [2.45, 2.75) is 132 Å². The van der Waals surface area contributed by atoms with E-state index in [1.165, 1.54) is 25.7 Å². The Hall–Kier alpha value is -3.51. The van der Waals surface area contributed by atoms with E-state index in [1.54, 1.807) is 12.1 Å². The van der Waals surface area contributed by atoms with Crippen molar-refractivity contribution in [1.82, 2.24) is 9.80 Å². The molecule has 0 amide bonds. The summed E-state index contributed by atoms with van der Waals surface area (Å²) in [5.41, 5.74) is 1.62. The fourth-order valence-corrected chi connectivity index (χ4v) is 11.2. The van der Waals surface area contributed by atoms with Crippen LogP contribution >= 0.6 is 0 Å². The van der Waals surface area contributed by atoms with Gasteiger partial charge in [0.15, 0.2) is 46.8 Å². The van der Waals surface area contributed by atoms with E-state index in [2.05, 4.69) is 16.7 Å². The lowest BCUT2D eigenvalue weighted by molar-refractivity contribution is -0.188. The van der Waals surface area contributed by atoms with Crippen LogP contribution in [0.2, 0.25) is 0 Å². The number of likely N-dealkylation sites (N-methyl/N-ethyl adjacent to an activating group) is 1. The minimum absolute atomic E-state index is 0.0269. The highest BCUT2D eigenvalue weighted by Gasteiger charge is 2.73. The molecule has 2 aromatic rings. The largest absolute Gasteiger partial charge is 0.519 e. The van der Waals surface area contributed by atoms with Crippen molar-refractivity contribution in [3.63, 3.8) is 0 Å². The number of carbonyl (C=O) groups excluding carboxylic acids is 3. The number of benzene rings is 2. The lowest BCUT2D eigenvalue weighted by Crippen LogP contribution is -2.76. The normalized spacial score (nSPS) is 35.4. The minimum Gasteiger partial charge on any atom is -0.478 e. The van der Waals surface area contributed by atoms with Crippen LogP contribution in [0.1, 0.15) is 99.8 Å². The zero-order valence-corrected chi connectivity index (χ0v) is 30.7. The molecule has 3 heterocycles. The molecule has 53 heavy (non-hydrogen) atoms. The van der Waals surface area contributed by atoms with Crippen molar-refractivity contribution in [2.75, 3.05) is 26.2 Å². The predicted molar refractivity (Wildman–Crippen MR) is 192 cm³/mol. The first-order chi connectivity index (χ1) is 25.6. The fourth-order valence-electron chi connectivity index (χ4n) is 11.2. The zero-order valence-electron chi connectivity index (χ0n) is 30.7. The molecule has 2 aromatic carbocycles. The van der Waals surface area contributed by atoms with Crippen LogP contribution in [0.25, 0.3) is 0 Å². The number of carbonyl (C=O) groups is 3. The van der Waals surface area contributed by atoms with Crippen molar-refractivity contribution in [1.29, 1.82) is 0 Å². The molecule has 0 aromatic heterocycles. The predicted octanol–water partition coefficient (Wildman–Crippen LogP) is 4.63. The number of hydrogen-bond donors (Lipinski definition) is 2. The highest BCUT2D eigenvalue weighted by atomic mass is 16.7. The summed E-state index contributed by atoms with van der Waals surface area (Å²) < 4.78 is 24.6. The van der Waals surface area contributed by atoms with E-state index >= 15 is 0 Å². The van der Waals surface area contributed by atoms with Gasteiger partial charge < -0.3 is 29.2 Å². The van der Waals surface area contributed by atoms with Crippen LogP contribution in [0.15, 0.2) is 24.3 Å². The number of aliphatic hydroxyl groups is 2. The van der Waals surface area contributed by atoms with Gasteiger partial charge in [-0.3, -0.25) is 19.4 Å². The van der Waals surface area contributed by atoms with E-state index in [4.69, 9.17) is 18.9 Å². The molecule has 10 rings (SSSR count). The SMILES string of the molecule is CCN(CC1CC1)[C@@H]1Cc2ccc(OC(=O)Oc3ccc4c5c3OC3C(=O)CC[C@@]6(O)C(C4)N(CC4CC4)CC[C@]536)c3c2C(C)C(O3)C(=O)CC[C@H]1O. The van der Waals surface area contributed by atoms with Crippen LogP contribution in [0.4, 0.5) is 4.79 Å². The Labute approximate surface area is 309 Å². The van der Waals surface area contributed by atoms with Crippen LogP contribution < -0.4 is 18.9 Å². The van der Waals surface area contributed by atoms with Gasteiger partial charge in [-0.15, -0.1) is 0 Å². The van der Waals surface area contributed by atoms with Crippen molar-refractivity contribution in [3.05, 3.63) is 46.5 Å². The average molecular weight is 727 g/mol. The molecule has 1 spiro atoms. The van der Waals surface area contributed by atoms with Crippen LogP contribution in [0.5, 0.6) is 23.0 Å². The number of nitrogens with zero attached hydrogens (tertiary/aromatic N) is 2. The molecule has 11 heteroatoms. The highest BCUT2D eigenvalue weighted by molar-refractivity contribution is 5.90. The lowest BCUT2D eigenvalue weighted by Gasteiger charge is -2.62. The van der Waals surface area contributed by atoms with E-state index in [-0.39, 0.29) is 53.9 Å². The van der Waals surface area contributed by atoms with Gasteiger partial charge in [-0.2, -0.15) is 0 Å². The third kappa shape index (κ3) is 5.16. The van der Waals surface area contributed by atoms with E-state index in [9.17, 15) is 24.6 Å². The molecule has 8 atom stereocenters. The van der Waals surface area contributed by atoms with Crippen LogP contribution in [-0.2, 0) is 27.8 Å². The molecule has 2 N–H and O–H groups in total. The summed E-state index contributed by atoms with van der Waals surface area (Å²) in [6.45, 7) is 7.58. The Balaban J connectivity index is 0.949. The summed E-state index contributed by atoms with van der Waals surface area (Å²) in [5, 5.41) is 24.0. The molecule has 4 bridgehead atoms. The van der Waals surface area contributed by atoms with Crippen molar-refractivity contribution in [2.24, 2.45) is 11.8 Å². The average Bonchev–Trinajstić information content (AvgIpc) is 4.07. The maximum absolute atomic E-state index is 13.7. The fraction of sp³-hybridized carbons (Fsp3) is 0.643. The Morgan fingerprint density at radius 1 is 0.925 bits per heavy atom. The van der Waals surface area contributed by atoms with Gasteiger partial charge >= 0.3 is 6.16 Å². The minimum atomic E-state index is -1.12. The van der Waals surface area contributed by atoms with Gasteiger partial charge in [0.1, 0.15) is 0 Å². The van der Waals surface area contributed by atoms with Gasteiger partial charge in [-0.1, -0.05) is 26.0 Å². The zero-order chi connectivity index (χ0) is 36.4. The molecule has 1 saturated heterocycles. The Morgan fingerprint density at radius 3 is 2.40 bits per heavy atom.